The molecule has 0 unspecified atom stereocenters. The number of phenols is 1. The summed E-state index contributed by atoms with van der Waals surface area (Å²) in [6.07, 6.45) is 5.00. The predicted octanol–water partition coefficient (Wildman–Crippen LogP) is 5.69. The topological polar surface area (TPSA) is 29.5 Å². The number of aromatic hydroxyl groups is 1. The Balaban J connectivity index is 2.25. The number of rotatable bonds is 2. The van der Waals surface area contributed by atoms with Gasteiger partial charge in [0.25, 0.3) is 0 Å². The quantitative estimate of drug-likeness (QED) is 0.759. The predicted molar refractivity (Wildman–Crippen MR) is 95.0 cm³/mol. The molecule has 1 N–H and O–H groups in total. The third-order valence-electron chi connectivity index (χ3n) is 6.74. The lowest BCUT2D eigenvalue weighted by Crippen LogP contribution is -2.49. The van der Waals surface area contributed by atoms with Crippen LogP contribution in [0, 0.1) is 11.3 Å². The van der Waals surface area contributed by atoms with Gasteiger partial charge in [-0.1, -0.05) is 47.1 Å². The fourth-order valence-corrected chi connectivity index (χ4v) is 5.65. The molecule has 1 aromatic rings. The summed E-state index contributed by atoms with van der Waals surface area (Å²) in [6, 6.07) is 4.09. The second-order valence-corrected chi connectivity index (χ2v) is 8.89. The average Bonchev–Trinajstić information content (AvgIpc) is 2.45. The smallest absolute Gasteiger partial charge is 0.119 e. The molecule has 0 aliphatic heterocycles. The number of ether oxygens (including phenoxy) is 1. The van der Waals surface area contributed by atoms with E-state index in [0.29, 0.717) is 23.0 Å². The van der Waals surface area contributed by atoms with Gasteiger partial charge in [0, 0.05) is 12.7 Å². The maximum Gasteiger partial charge on any atom is 0.119 e. The van der Waals surface area contributed by atoms with Crippen molar-refractivity contribution in [3.63, 3.8) is 0 Å². The highest BCUT2D eigenvalue weighted by Gasteiger charge is 2.52. The molecule has 0 bridgehead atoms. The first-order valence-electron chi connectivity index (χ1n) is 9.11. The van der Waals surface area contributed by atoms with Gasteiger partial charge in [0.05, 0.1) is 6.10 Å². The van der Waals surface area contributed by atoms with Crippen LogP contribution in [-0.4, -0.2) is 12.2 Å². The largest absolute Gasteiger partial charge is 0.508 e. The van der Waals surface area contributed by atoms with E-state index in [-0.39, 0.29) is 11.5 Å². The van der Waals surface area contributed by atoms with E-state index in [1.807, 2.05) is 13.2 Å². The second kappa shape index (κ2) is 5.51. The molecule has 0 radical (unpaired) electrons. The zero-order chi connectivity index (χ0) is 17.0. The van der Waals surface area contributed by atoms with Crippen molar-refractivity contribution >= 4 is 0 Å². The normalized spacial score (nSPS) is 32.5. The Hall–Kier alpha value is -1.02. The van der Waals surface area contributed by atoms with Crippen molar-refractivity contribution in [3.8, 4) is 5.75 Å². The molecule has 3 rings (SSSR count). The molecule has 2 aliphatic rings. The summed E-state index contributed by atoms with van der Waals surface area (Å²) in [7, 11) is 1.82. The van der Waals surface area contributed by atoms with Crippen LogP contribution in [0.2, 0.25) is 0 Å². The number of fused-ring (bicyclic) bond motifs is 3. The molecule has 0 saturated heterocycles. The number of benzene rings is 1. The van der Waals surface area contributed by atoms with Gasteiger partial charge in [-0.2, -0.15) is 0 Å². The van der Waals surface area contributed by atoms with E-state index in [4.69, 9.17) is 4.74 Å². The molecule has 1 aromatic carbocycles. The van der Waals surface area contributed by atoms with E-state index in [1.54, 1.807) is 0 Å². The zero-order valence-electron chi connectivity index (χ0n) is 15.6. The van der Waals surface area contributed by atoms with Crippen molar-refractivity contribution in [2.75, 3.05) is 7.11 Å². The average molecular weight is 316 g/mol. The maximum absolute atomic E-state index is 10.5. The van der Waals surface area contributed by atoms with E-state index in [9.17, 15) is 5.11 Å². The summed E-state index contributed by atoms with van der Waals surface area (Å²) in [6.45, 7) is 11.6. The first-order chi connectivity index (χ1) is 10.7. The van der Waals surface area contributed by atoms with Gasteiger partial charge in [-0.05, 0) is 59.1 Å². The van der Waals surface area contributed by atoms with Gasteiger partial charge in [-0.15, -0.1) is 0 Å². The van der Waals surface area contributed by atoms with Crippen molar-refractivity contribution in [3.05, 3.63) is 28.8 Å². The number of methoxy groups -OCH3 is 1. The summed E-state index contributed by atoms with van der Waals surface area (Å²) in [5, 5.41) is 10.5. The molecule has 0 aromatic heterocycles. The molecule has 2 heteroatoms. The summed E-state index contributed by atoms with van der Waals surface area (Å²) in [4.78, 5) is 0. The van der Waals surface area contributed by atoms with Crippen molar-refractivity contribution < 1.29 is 9.84 Å². The third-order valence-corrected chi connectivity index (χ3v) is 6.74. The van der Waals surface area contributed by atoms with Gasteiger partial charge < -0.3 is 9.84 Å². The minimum Gasteiger partial charge on any atom is -0.508 e. The Morgan fingerprint density at radius 2 is 1.87 bits per heavy atom. The van der Waals surface area contributed by atoms with Gasteiger partial charge in [0.15, 0.2) is 0 Å². The van der Waals surface area contributed by atoms with Crippen LogP contribution in [0.4, 0.5) is 0 Å². The molecule has 1 fully saturated rings. The molecule has 3 atom stereocenters. The standard InChI is InChI=1S/C21H32O2/c1-13(2)18-15(22)9-8-14-19(18)16(23-6)12-17-20(3,4)10-7-11-21(14,17)5/h8-9,13,16-17,22H,7,10-12H2,1-6H3/t16-,17-,21+/m0/s1. The summed E-state index contributed by atoms with van der Waals surface area (Å²) < 4.78 is 5.94. The third kappa shape index (κ3) is 2.41. The highest BCUT2D eigenvalue weighted by molar-refractivity contribution is 5.52. The van der Waals surface area contributed by atoms with E-state index in [0.717, 1.165) is 12.0 Å². The lowest BCUT2D eigenvalue weighted by Gasteiger charge is -2.56. The molecule has 23 heavy (non-hydrogen) atoms. The number of hydrogen-bond donors (Lipinski definition) is 1. The van der Waals surface area contributed by atoms with Crippen molar-refractivity contribution in [2.45, 2.75) is 77.7 Å². The molecular weight excluding hydrogens is 284 g/mol. The zero-order valence-corrected chi connectivity index (χ0v) is 15.6. The van der Waals surface area contributed by atoms with Crippen LogP contribution >= 0.6 is 0 Å². The van der Waals surface area contributed by atoms with Crippen LogP contribution in [0.5, 0.6) is 5.75 Å². The van der Waals surface area contributed by atoms with Gasteiger partial charge in [-0.25, -0.2) is 0 Å². The monoisotopic (exact) mass is 316 g/mol. The van der Waals surface area contributed by atoms with Crippen LogP contribution in [0.1, 0.15) is 89.0 Å². The second-order valence-electron chi connectivity index (χ2n) is 8.89. The molecule has 1 saturated carbocycles. The Morgan fingerprint density at radius 3 is 2.48 bits per heavy atom. The SMILES string of the molecule is CO[C@H]1C[C@H]2C(C)(C)CCC[C@]2(C)c2ccc(O)c(C(C)C)c21. The van der Waals surface area contributed by atoms with Crippen LogP contribution in [0.15, 0.2) is 12.1 Å². The van der Waals surface area contributed by atoms with Crippen LogP contribution < -0.4 is 0 Å². The fourth-order valence-electron chi connectivity index (χ4n) is 5.65. The molecule has 2 aliphatic carbocycles. The molecule has 0 amide bonds. The summed E-state index contributed by atoms with van der Waals surface area (Å²) in [5.74, 6) is 1.36. The number of phenolic OH excluding ortho intramolecular Hbond substituents is 1. The van der Waals surface area contributed by atoms with Crippen LogP contribution in [0.3, 0.4) is 0 Å². The van der Waals surface area contributed by atoms with Gasteiger partial charge in [0.2, 0.25) is 0 Å². The summed E-state index contributed by atoms with van der Waals surface area (Å²) in [5.41, 5.74) is 4.34. The highest BCUT2D eigenvalue weighted by Crippen LogP contribution is 2.60. The van der Waals surface area contributed by atoms with Crippen molar-refractivity contribution in [1.82, 2.24) is 0 Å². The van der Waals surface area contributed by atoms with Crippen LogP contribution in [-0.2, 0) is 10.2 Å². The minimum absolute atomic E-state index is 0.102. The molecule has 128 valence electrons. The van der Waals surface area contributed by atoms with E-state index < -0.39 is 0 Å². The number of hydrogen-bond acceptors (Lipinski definition) is 2. The van der Waals surface area contributed by atoms with Crippen LogP contribution in [0.25, 0.3) is 0 Å². The van der Waals surface area contributed by atoms with Crippen molar-refractivity contribution in [2.24, 2.45) is 11.3 Å². The lowest BCUT2D eigenvalue weighted by molar-refractivity contribution is -0.0232. The highest BCUT2D eigenvalue weighted by atomic mass is 16.5. The molecular formula is C21H32O2. The van der Waals surface area contributed by atoms with Crippen molar-refractivity contribution in [1.29, 1.82) is 0 Å². The Morgan fingerprint density at radius 1 is 1.17 bits per heavy atom. The molecule has 0 heterocycles. The Labute approximate surface area is 141 Å². The minimum atomic E-state index is 0.102. The van der Waals surface area contributed by atoms with E-state index in [1.165, 1.54) is 30.4 Å². The fraction of sp³-hybridized carbons (Fsp3) is 0.714. The first kappa shape index (κ1) is 16.8. The molecule has 0 spiro atoms. The lowest BCUT2D eigenvalue weighted by atomic mass is 9.49. The summed E-state index contributed by atoms with van der Waals surface area (Å²) >= 11 is 0. The Bertz CT molecular complexity index is 602. The van der Waals surface area contributed by atoms with Gasteiger partial charge >= 0.3 is 0 Å². The van der Waals surface area contributed by atoms with E-state index >= 15 is 0 Å². The first-order valence-corrected chi connectivity index (χ1v) is 9.11. The molecule has 2 nitrogen and oxygen atoms in total. The van der Waals surface area contributed by atoms with Gasteiger partial charge in [0.1, 0.15) is 5.75 Å². The Kier molecular flexibility index (Phi) is 4.03. The maximum atomic E-state index is 10.5. The van der Waals surface area contributed by atoms with E-state index in [2.05, 4.69) is 40.7 Å². The van der Waals surface area contributed by atoms with Gasteiger partial charge in [-0.3, -0.25) is 0 Å².